The molecule has 2 atom stereocenters. The van der Waals surface area contributed by atoms with Crippen molar-refractivity contribution in [2.24, 2.45) is 0 Å². The van der Waals surface area contributed by atoms with E-state index in [4.69, 9.17) is 9.47 Å². The molecule has 1 fully saturated rings. The van der Waals surface area contributed by atoms with Crippen LogP contribution in [0.2, 0.25) is 0 Å². The Morgan fingerprint density at radius 2 is 1.91 bits per heavy atom. The molecule has 0 bridgehead atoms. The van der Waals surface area contributed by atoms with Crippen molar-refractivity contribution in [3.8, 4) is 0 Å². The summed E-state index contributed by atoms with van der Waals surface area (Å²) in [7, 11) is 1.55. The highest BCUT2D eigenvalue weighted by Crippen LogP contribution is 2.35. The number of benzene rings is 2. The summed E-state index contributed by atoms with van der Waals surface area (Å²) >= 11 is 0. The van der Waals surface area contributed by atoms with E-state index in [9.17, 15) is 14.4 Å². The van der Waals surface area contributed by atoms with E-state index >= 15 is 0 Å². The third-order valence-electron chi connectivity index (χ3n) is 5.25. The van der Waals surface area contributed by atoms with E-state index in [0.717, 1.165) is 11.1 Å². The number of hydrogen-bond acceptors (Lipinski definition) is 5. The van der Waals surface area contributed by atoms with E-state index in [1.807, 2.05) is 31.2 Å². The molecule has 170 valence electrons. The van der Waals surface area contributed by atoms with Gasteiger partial charge < -0.3 is 20.1 Å². The fourth-order valence-electron chi connectivity index (χ4n) is 3.52. The number of carbonyl (C=O) groups excluding carboxylic acids is 3. The van der Waals surface area contributed by atoms with Crippen LogP contribution in [0.25, 0.3) is 0 Å². The lowest BCUT2D eigenvalue weighted by molar-refractivity contribution is -0.126. The van der Waals surface area contributed by atoms with Crippen LogP contribution in [-0.4, -0.2) is 49.1 Å². The molecule has 1 saturated heterocycles. The topological polar surface area (TPSA) is 97.0 Å². The zero-order valence-electron chi connectivity index (χ0n) is 18.6. The van der Waals surface area contributed by atoms with Crippen molar-refractivity contribution in [3.05, 3.63) is 65.2 Å². The van der Waals surface area contributed by atoms with Gasteiger partial charge in [-0.05, 0) is 30.2 Å². The van der Waals surface area contributed by atoms with E-state index in [1.54, 1.807) is 38.3 Å². The van der Waals surface area contributed by atoms with Gasteiger partial charge in [-0.2, -0.15) is 0 Å². The second-order valence-corrected chi connectivity index (χ2v) is 7.67. The van der Waals surface area contributed by atoms with Crippen molar-refractivity contribution < 1.29 is 23.9 Å². The molecule has 8 nitrogen and oxygen atoms in total. The minimum Gasteiger partial charge on any atom is -0.438 e. The Hall–Kier alpha value is -3.39. The molecule has 0 aromatic heterocycles. The maximum absolute atomic E-state index is 13.1. The number of carbonyl (C=O) groups is 3. The van der Waals surface area contributed by atoms with Gasteiger partial charge in [0.05, 0.1) is 13.2 Å². The first-order valence-electron chi connectivity index (χ1n) is 10.6. The van der Waals surface area contributed by atoms with E-state index < -0.39 is 18.2 Å². The third kappa shape index (κ3) is 5.64. The zero-order valence-corrected chi connectivity index (χ0v) is 18.6. The second kappa shape index (κ2) is 10.8. The normalized spacial score (nSPS) is 17.7. The predicted molar refractivity (Wildman–Crippen MR) is 120 cm³/mol. The molecule has 0 spiro atoms. The first kappa shape index (κ1) is 23.3. The summed E-state index contributed by atoms with van der Waals surface area (Å²) in [4.78, 5) is 39.1. The number of ether oxygens (including phenoxy) is 2. The fraction of sp³-hybridized carbons (Fsp3) is 0.375. The molecule has 1 aliphatic rings. The summed E-state index contributed by atoms with van der Waals surface area (Å²) < 4.78 is 10.7. The lowest BCUT2D eigenvalue weighted by Crippen LogP contribution is -2.47. The number of nitrogens with zero attached hydrogens (tertiary/aromatic N) is 1. The van der Waals surface area contributed by atoms with Gasteiger partial charge in [-0.1, -0.05) is 48.9 Å². The fourth-order valence-corrected chi connectivity index (χ4v) is 3.52. The van der Waals surface area contributed by atoms with Crippen molar-refractivity contribution >= 4 is 23.6 Å². The summed E-state index contributed by atoms with van der Waals surface area (Å²) in [6, 6.07) is 13.9. The maximum atomic E-state index is 13.1. The monoisotopic (exact) mass is 439 g/mol. The van der Waals surface area contributed by atoms with Crippen LogP contribution in [0.1, 0.15) is 36.1 Å². The van der Waals surface area contributed by atoms with Crippen molar-refractivity contribution in [1.82, 2.24) is 10.2 Å². The molecule has 1 aliphatic heterocycles. The van der Waals surface area contributed by atoms with Gasteiger partial charge in [0, 0.05) is 25.8 Å². The van der Waals surface area contributed by atoms with Crippen LogP contribution in [0.5, 0.6) is 0 Å². The summed E-state index contributed by atoms with van der Waals surface area (Å²) in [6.07, 6.45) is -1.03. The molecule has 2 aromatic rings. The van der Waals surface area contributed by atoms with Crippen molar-refractivity contribution in [3.63, 3.8) is 0 Å². The van der Waals surface area contributed by atoms with Crippen LogP contribution in [0.4, 0.5) is 10.5 Å². The van der Waals surface area contributed by atoms with E-state index in [1.165, 1.54) is 4.90 Å². The number of nitrogens with one attached hydrogen (secondary N) is 2. The SMILES string of the molecule is CCC(=O)Nc1cccc([C@@H]2OC(=O)N(Cc3ccc(C)cc3)[C@@H]2C(=O)NCCOC)c1. The average Bonchev–Trinajstić information content (AvgIpc) is 3.11. The van der Waals surface area contributed by atoms with Crippen molar-refractivity contribution in [1.29, 1.82) is 0 Å². The number of amides is 3. The van der Waals surface area contributed by atoms with Crippen molar-refractivity contribution in [2.45, 2.75) is 39.0 Å². The Bertz CT molecular complexity index is 960. The van der Waals surface area contributed by atoms with Crippen LogP contribution >= 0.6 is 0 Å². The Balaban J connectivity index is 1.89. The molecular weight excluding hydrogens is 410 g/mol. The van der Waals surface area contributed by atoms with Gasteiger partial charge in [0.2, 0.25) is 11.8 Å². The minimum absolute atomic E-state index is 0.125. The van der Waals surface area contributed by atoms with Crippen LogP contribution in [0, 0.1) is 6.92 Å². The van der Waals surface area contributed by atoms with Gasteiger partial charge in [-0.25, -0.2) is 4.79 Å². The summed E-state index contributed by atoms with van der Waals surface area (Å²) in [5.41, 5.74) is 3.22. The quantitative estimate of drug-likeness (QED) is 0.585. The van der Waals surface area contributed by atoms with Crippen LogP contribution in [-0.2, 0) is 25.6 Å². The molecule has 3 rings (SSSR count). The summed E-state index contributed by atoms with van der Waals surface area (Å²) in [6.45, 7) is 4.66. The van der Waals surface area contributed by atoms with Gasteiger partial charge >= 0.3 is 6.09 Å². The standard InChI is InChI=1S/C24H29N3O5/c1-4-20(28)26-19-7-5-6-18(14-19)22-21(23(29)25-12-13-31-3)27(24(30)32-22)15-17-10-8-16(2)9-11-17/h5-11,14,21-22H,4,12-13,15H2,1-3H3,(H,25,29)(H,26,28)/t21-,22-/m0/s1. The molecule has 0 radical (unpaired) electrons. The largest absolute Gasteiger partial charge is 0.438 e. The highest BCUT2D eigenvalue weighted by molar-refractivity contribution is 5.91. The Morgan fingerprint density at radius 1 is 1.16 bits per heavy atom. The molecule has 3 amide bonds. The van der Waals surface area contributed by atoms with E-state index in [0.29, 0.717) is 30.8 Å². The second-order valence-electron chi connectivity index (χ2n) is 7.67. The first-order valence-corrected chi connectivity index (χ1v) is 10.6. The molecule has 0 aliphatic carbocycles. The van der Waals surface area contributed by atoms with Crippen LogP contribution < -0.4 is 10.6 Å². The lowest BCUT2D eigenvalue weighted by atomic mass is 10.00. The van der Waals surface area contributed by atoms with Crippen molar-refractivity contribution in [2.75, 3.05) is 25.6 Å². The zero-order chi connectivity index (χ0) is 23.1. The summed E-state index contributed by atoms with van der Waals surface area (Å²) in [5.74, 6) is -0.451. The molecule has 0 unspecified atom stereocenters. The molecule has 0 saturated carbocycles. The van der Waals surface area contributed by atoms with Gasteiger partial charge in [-0.3, -0.25) is 14.5 Å². The van der Waals surface area contributed by atoms with Gasteiger partial charge in [0.25, 0.3) is 0 Å². The Kier molecular flexibility index (Phi) is 7.83. The number of rotatable bonds is 9. The van der Waals surface area contributed by atoms with Gasteiger partial charge in [0.15, 0.2) is 12.1 Å². The number of aryl methyl sites for hydroxylation is 1. The smallest absolute Gasteiger partial charge is 0.411 e. The lowest BCUT2D eigenvalue weighted by Gasteiger charge is -2.24. The molecule has 1 heterocycles. The highest BCUT2D eigenvalue weighted by Gasteiger charge is 2.47. The number of anilines is 1. The van der Waals surface area contributed by atoms with Gasteiger partial charge in [-0.15, -0.1) is 0 Å². The molecule has 2 aromatic carbocycles. The Labute approximate surface area is 187 Å². The molecule has 32 heavy (non-hydrogen) atoms. The third-order valence-corrected chi connectivity index (χ3v) is 5.25. The van der Waals surface area contributed by atoms with Crippen LogP contribution in [0.3, 0.4) is 0 Å². The average molecular weight is 440 g/mol. The minimum atomic E-state index is -0.863. The number of hydrogen-bond donors (Lipinski definition) is 2. The first-order chi connectivity index (χ1) is 15.4. The Morgan fingerprint density at radius 3 is 2.59 bits per heavy atom. The predicted octanol–water partition coefficient (Wildman–Crippen LogP) is 3.17. The maximum Gasteiger partial charge on any atom is 0.411 e. The summed E-state index contributed by atoms with van der Waals surface area (Å²) in [5, 5.41) is 5.62. The molecular formula is C24H29N3O5. The van der Waals surface area contributed by atoms with E-state index in [-0.39, 0.29) is 18.4 Å². The molecule has 2 N–H and O–H groups in total. The van der Waals surface area contributed by atoms with Gasteiger partial charge in [0.1, 0.15) is 0 Å². The van der Waals surface area contributed by atoms with E-state index in [2.05, 4.69) is 10.6 Å². The van der Waals surface area contributed by atoms with Crippen LogP contribution in [0.15, 0.2) is 48.5 Å². The molecule has 8 heteroatoms. The number of cyclic esters (lactones) is 1. The highest BCUT2D eigenvalue weighted by atomic mass is 16.6. The number of methoxy groups -OCH3 is 1.